The van der Waals surface area contributed by atoms with Crippen LogP contribution in [0.15, 0.2) is 90.1 Å². The molecule has 0 atom stereocenters. The number of hydrogen-bond donors (Lipinski definition) is 1. The summed E-state index contributed by atoms with van der Waals surface area (Å²) in [5.41, 5.74) is 5.48. The van der Waals surface area contributed by atoms with Crippen LogP contribution in [0.1, 0.15) is 25.0 Å². The van der Waals surface area contributed by atoms with Crippen molar-refractivity contribution in [2.45, 2.75) is 38.6 Å². The molecule has 5 heteroatoms. The van der Waals surface area contributed by atoms with E-state index in [4.69, 9.17) is 22.6 Å². The lowest BCUT2D eigenvalue weighted by molar-refractivity contribution is 0.506. The zero-order chi connectivity index (χ0) is 22.8. The summed E-state index contributed by atoms with van der Waals surface area (Å²) < 4.78 is 2.24. The van der Waals surface area contributed by atoms with E-state index in [9.17, 15) is 0 Å². The summed E-state index contributed by atoms with van der Waals surface area (Å²) in [7, 11) is 0. The van der Waals surface area contributed by atoms with Crippen molar-refractivity contribution in [2.24, 2.45) is 5.92 Å². The van der Waals surface area contributed by atoms with E-state index in [0.29, 0.717) is 5.92 Å². The quantitative estimate of drug-likeness (QED) is 0.278. The van der Waals surface area contributed by atoms with Gasteiger partial charge in [0.15, 0.2) is 11.0 Å². The lowest BCUT2D eigenvalue weighted by Crippen LogP contribution is -2.23. The Morgan fingerprint density at radius 3 is 1.97 bits per heavy atom. The van der Waals surface area contributed by atoms with Crippen LogP contribution in [-0.4, -0.2) is 14.5 Å². The zero-order valence-corrected chi connectivity index (χ0v) is 19.9. The molecule has 0 aliphatic carbocycles. The van der Waals surface area contributed by atoms with E-state index >= 15 is 0 Å². The first kappa shape index (κ1) is 21.5. The summed E-state index contributed by atoms with van der Waals surface area (Å²) in [5.74, 6) is 1.38. The van der Waals surface area contributed by atoms with Crippen molar-refractivity contribution in [2.75, 3.05) is 4.90 Å². The van der Waals surface area contributed by atoms with Gasteiger partial charge >= 0.3 is 0 Å². The summed E-state index contributed by atoms with van der Waals surface area (Å²) in [5, 5.41) is 1.85. The van der Waals surface area contributed by atoms with Crippen LogP contribution in [0.3, 0.4) is 0 Å². The van der Waals surface area contributed by atoms with Gasteiger partial charge in [0.25, 0.3) is 0 Å². The SMILES string of the molecule is CC(C)Cn1c(S)nc2c(N(Cc3ccccc3)Cc3ccccc3)nc3ccccc3c21. The Morgan fingerprint density at radius 2 is 1.36 bits per heavy atom. The molecule has 0 spiro atoms. The van der Waals surface area contributed by atoms with Gasteiger partial charge < -0.3 is 9.47 Å². The Morgan fingerprint density at radius 1 is 0.788 bits per heavy atom. The van der Waals surface area contributed by atoms with E-state index in [1.54, 1.807) is 0 Å². The highest BCUT2D eigenvalue weighted by molar-refractivity contribution is 7.80. The van der Waals surface area contributed by atoms with E-state index in [1.807, 2.05) is 0 Å². The monoisotopic (exact) mass is 452 g/mol. The highest BCUT2D eigenvalue weighted by Crippen LogP contribution is 2.34. The van der Waals surface area contributed by atoms with Crippen molar-refractivity contribution < 1.29 is 0 Å². The molecule has 0 radical (unpaired) electrons. The molecule has 0 aliphatic heterocycles. The van der Waals surface area contributed by atoms with Crippen LogP contribution in [0, 0.1) is 5.92 Å². The standard InChI is InChI=1S/C28H28N4S/c1-20(2)17-32-26-23-15-9-10-16-24(23)29-27(25(26)30-28(32)33)31(18-21-11-5-3-6-12-21)19-22-13-7-4-8-14-22/h3-16,20H,17-19H2,1-2H3,(H,30,33). The van der Waals surface area contributed by atoms with Crippen LogP contribution in [0.4, 0.5) is 5.82 Å². The molecule has 0 fully saturated rings. The third-order valence-corrected chi connectivity index (χ3v) is 6.17. The largest absolute Gasteiger partial charge is 0.346 e. The maximum atomic E-state index is 5.15. The van der Waals surface area contributed by atoms with Gasteiger partial charge in [-0.2, -0.15) is 0 Å². The number of pyridine rings is 1. The van der Waals surface area contributed by atoms with Crippen LogP contribution in [-0.2, 0) is 19.6 Å². The molecule has 0 bridgehead atoms. The Balaban J connectivity index is 1.73. The first-order chi connectivity index (χ1) is 16.1. The molecular weight excluding hydrogens is 424 g/mol. The molecule has 4 nitrogen and oxygen atoms in total. The van der Waals surface area contributed by atoms with Gasteiger partial charge in [0.2, 0.25) is 0 Å². The van der Waals surface area contributed by atoms with E-state index < -0.39 is 0 Å². The van der Waals surface area contributed by atoms with Crippen molar-refractivity contribution in [3.63, 3.8) is 0 Å². The van der Waals surface area contributed by atoms with Crippen molar-refractivity contribution in [1.82, 2.24) is 14.5 Å². The summed E-state index contributed by atoms with van der Waals surface area (Å²) in [6.07, 6.45) is 0. The van der Waals surface area contributed by atoms with Crippen molar-refractivity contribution in [1.29, 1.82) is 0 Å². The number of anilines is 1. The maximum Gasteiger partial charge on any atom is 0.166 e. The number of para-hydroxylation sites is 1. The number of hydrogen-bond acceptors (Lipinski definition) is 4. The van der Waals surface area contributed by atoms with Gasteiger partial charge in [0.05, 0.1) is 11.0 Å². The highest BCUT2D eigenvalue weighted by Gasteiger charge is 2.21. The highest BCUT2D eigenvalue weighted by atomic mass is 32.1. The molecule has 0 saturated carbocycles. The van der Waals surface area contributed by atoms with Crippen LogP contribution >= 0.6 is 12.6 Å². The van der Waals surface area contributed by atoms with Crippen molar-refractivity contribution >= 4 is 40.4 Å². The predicted molar refractivity (Wildman–Crippen MR) is 140 cm³/mol. The van der Waals surface area contributed by atoms with E-state index in [0.717, 1.165) is 52.5 Å². The predicted octanol–water partition coefficient (Wildman–Crippen LogP) is 6.74. The fourth-order valence-electron chi connectivity index (χ4n) is 4.38. The molecule has 0 aliphatic rings. The fraction of sp³-hybridized carbons (Fsp3) is 0.214. The zero-order valence-electron chi connectivity index (χ0n) is 19.0. The number of rotatable bonds is 7. The molecular formula is C28H28N4S. The van der Waals surface area contributed by atoms with Gasteiger partial charge in [0, 0.05) is 25.0 Å². The molecule has 2 heterocycles. The normalized spacial score (nSPS) is 11.5. The molecule has 0 amide bonds. The second-order valence-corrected chi connectivity index (χ2v) is 9.29. The summed E-state index contributed by atoms with van der Waals surface area (Å²) >= 11 is 4.78. The van der Waals surface area contributed by atoms with E-state index in [2.05, 4.69) is 108 Å². The van der Waals surface area contributed by atoms with Gasteiger partial charge in [-0.1, -0.05) is 92.7 Å². The average molecular weight is 453 g/mol. The van der Waals surface area contributed by atoms with Gasteiger partial charge in [0.1, 0.15) is 5.52 Å². The molecule has 0 N–H and O–H groups in total. The van der Waals surface area contributed by atoms with Crippen molar-refractivity contribution in [3.05, 3.63) is 96.1 Å². The molecule has 0 unspecified atom stereocenters. The third-order valence-electron chi connectivity index (χ3n) is 5.82. The number of nitrogens with zero attached hydrogens (tertiary/aromatic N) is 4. The van der Waals surface area contributed by atoms with E-state index in [1.165, 1.54) is 11.1 Å². The maximum absolute atomic E-state index is 5.15. The minimum atomic E-state index is 0.480. The van der Waals surface area contributed by atoms with Gasteiger partial charge in [-0.15, -0.1) is 12.6 Å². The number of thiol groups is 1. The molecule has 3 aromatic carbocycles. The summed E-state index contributed by atoms with van der Waals surface area (Å²) in [6.45, 7) is 6.80. The second kappa shape index (κ2) is 9.28. The number of aromatic nitrogens is 3. The Labute approximate surface area is 200 Å². The smallest absolute Gasteiger partial charge is 0.166 e. The molecule has 166 valence electrons. The second-order valence-electron chi connectivity index (χ2n) is 8.89. The lowest BCUT2D eigenvalue weighted by Gasteiger charge is -2.25. The first-order valence-corrected chi connectivity index (χ1v) is 11.9. The number of benzene rings is 3. The Hall–Kier alpha value is -3.31. The van der Waals surface area contributed by atoms with Crippen LogP contribution in [0.25, 0.3) is 21.9 Å². The summed E-state index contributed by atoms with van der Waals surface area (Å²) in [4.78, 5) is 12.4. The first-order valence-electron chi connectivity index (χ1n) is 11.4. The van der Waals surface area contributed by atoms with Gasteiger partial charge in [-0.05, 0) is 23.1 Å². The van der Waals surface area contributed by atoms with Crippen LogP contribution in [0.5, 0.6) is 0 Å². The average Bonchev–Trinajstić information content (AvgIpc) is 3.15. The van der Waals surface area contributed by atoms with Crippen LogP contribution in [0.2, 0.25) is 0 Å². The Kier molecular flexibility index (Phi) is 6.05. The van der Waals surface area contributed by atoms with Crippen molar-refractivity contribution in [3.8, 4) is 0 Å². The topological polar surface area (TPSA) is 34.0 Å². The van der Waals surface area contributed by atoms with E-state index in [-0.39, 0.29) is 0 Å². The molecule has 2 aromatic heterocycles. The fourth-order valence-corrected chi connectivity index (χ4v) is 4.66. The summed E-state index contributed by atoms with van der Waals surface area (Å²) in [6, 6.07) is 29.5. The Bertz CT molecular complexity index is 1340. The van der Waals surface area contributed by atoms with Crippen LogP contribution < -0.4 is 4.90 Å². The lowest BCUT2D eigenvalue weighted by atomic mass is 10.1. The molecule has 5 rings (SSSR count). The van der Waals surface area contributed by atoms with Gasteiger partial charge in [-0.25, -0.2) is 9.97 Å². The molecule has 0 saturated heterocycles. The van der Waals surface area contributed by atoms with Gasteiger partial charge in [-0.3, -0.25) is 0 Å². The number of fused-ring (bicyclic) bond motifs is 3. The minimum Gasteiger partial charge on any atom is -0.346 e. The molecule has 5 aromatic rings. The third kappa shape index (κ3) is 4.46. The minimum absolute atomic E-state index is 0.480. The number of imidazole rings is 1. The molecule has 33 heavy (non-hydrogen) atoms.